The average Bonchev–Trinajstić information content (AvgIpc) is 3.36. The van der Waals surface area contributed by atoms with Gasteiger partial charge in [0.2, 0.25) is 6.79 Å². The molecule has 0 N–H and O–H groups in total. The topological polar surface area (TPSA) is 55.8 Å². The van der Waals surface area contributed by atoms with Gasteiger partial charge in [0.1, 0.15) is 0 Å². The van der Waals surface area contributed by atoms with Gasteiger partial charge in [0.05, 0.1) is 6.54 Å². The molecule has 0 spiro atoms. The van der Waals surface area contributed by atoms with Gasteiger partial charge in [0.25, 0.3) is 11.8 Å². The number of nitrogens with zero attached hydrogens (tertiary/aromatic N) is 1. The van der Waals surface area contributed by atoms with E-state index in [1.54, 1.807) is 23.5 Å². The number of rotatable bonds is 3. The van der Waals surface area contributed by atoms with Crippen molar-refractivity contribution < 1.29 is 19.1 Å². The third-order valence-corrected chi connectivity index (χ3v) is 5.94. The van der Waals surface area contributed by atoms with Gasteiger partial charge in [-0.2, -0.15) is 0 Å². The molecule has 5 rings (SSSR count). The zero-order valence-electron chi connectivity index (χ0n) is 15.7. The number of thiophene rings is 1. The van der Waals surface area contributed by atoms with Gasteiger partial charge in [-0.05, 0) is 54.5 Å². The van der Waals surface area contributed by atoms with Gasteiger partial charge >= 0.3 is 0 Å². The highest BCUT2D eigenvalue weighted by atomic mass is 32.1. The molecule has 5 nitrogen and oxygen atoms in total. The van der Waals surface area contributed by atoms with Crippen LogP contribution in [0.2, 0.25) is 0 Å². The number of carbonyl (C=O) groups is 2. The first-order valence-corrected chi connectivity index (χ1v) is 10.0. The number of hydrogen-bond acceptors (Lipinski definition) is 5. The molecule has 0 saturated heterocycles. The molecular formula is C23H17NO4S. The van der Waals surface area contributed by atoms with Gasteiger partial charge in [-0.25, -0.2) is 0 Å². The van der Waals surface area contributed by atoms with E-state index in [1.807, 2.05) is 55.5 Å². The molecule has 6 heteroatoms. The summed E-state index contributed by atoms with van der Waals surface area (Å²) in [7, 11) is 0. The quantitative estimate of drug-likeness (QED) is 0.477. The Labute approximate surface area is 171 Å². The molecule has 1 aromatic heterocycles. The van der Waals surface area contributed by atoms with Crippen molar-refractivity contribution in [1.29, 1.82) is 0 Å². The van der Waals surface area contributed by atoms with Crippen LogP contribution in [0.15, 0.2) is 54.6 Å². The highest BCUT2D eigenvalue weighted by molar-refractivity contribution is 7.12. The fraction of sp³-hybridized carbons (Fsp3) is 0.130. The number of carbonyl (C=O) groups excluding carboxylic acids is 2. The van der Waals surface area contributed by atoms with Crippen LogP contribution in [0.25, 0.3) is 11.6 Å². The Hall–Kier alpha value is -3.38. The van der Waals surface area contributed by atoms with Gasteiger partial charge in [0.15, 0.2) is 11.5 Å². The molecule has 0 atom stereocenters. The van der Waals surface area contributed by atoms with E-state index in [0.717, 1.165) is 10.4 Å². The number of amides is 2. The second kappa shape index (κ2) is 6.90. The third-order valence-electron chi connectivity index (χ3n) is 4.99. The number of aryl methyl sites for hydroxylation is 1. The lowest BCUT2D eigenvalue weighted by atomic mass is 9.92. The maximum atomic E-state index is 13.3. The van der Waals surface area contributed by atoms with E-state index < -0.39 is 0 Å². The molecule has 29 heavy (non-hydrogen) atoms. The summed E-state index contributed by atoms with van der Waals surface area (Å²) in [5, 5.41) is 0. The molecule has 2 aliphatic heterocycles. The fourth-order valence-electron chi connectivity index (χ4n) is 3.58. The highest BCUT2D eigenvalue weighted by Gasteiger charge is 2.35. The molecule has 0 saturated carbocycles. The largest absolute Gasteiger partial charge is 0.454 e. The van der Waals surface area contributed by atoms with Crippen LogP contribution in [0.3, 0.4) is 0 Å². The molecule has 3 aromatic rings. The van der Waals surface area contributed by atoms with E-state index in [4.69, 9.17) is 9.47 Å². The summed E-state index contributed by atoms with van der Waals surface area (Å²) in [4.78, 5) is 29.9. The van der Waals surface area contributed by atoms with Gasteiger partial charge in [-0.15, -0.1) is 11.3 Å². The second-order valence-electron chi connectivity index (χ2n) is 6.94. The maximum absolute atomic E-state index is 13.3. The average molecular weight is 403 g/mol. The van der Waals surface area contributed by atoms with Crippen molar-refractivity contribution in [2.75, 3.05) is 6.79 Å². The Kier molecular flexibility index (Phi) is 4.21. The van der Waals surface area contributed by atoms with Crippen LogP contribution in [0.4, 0.5) is 0 Å². The van der Waals surface area contributed by atoms with Crippen molar-refractivity contribution >= 4 is 34.8 Å². The lowest BCUT2D eigenvalue weighted by molar-refractivity contribution is -0.123. The van der Waals surface area contributed by atoms with E-state index in [2.05, 4.69) is 0 Å². The number of benzene rings is 2. The normalized spacial score (nSPS) is 16.4. The van der Waals surface area contributed by atoms with E-state index in [-0.39, 0.29) is 25.2 Å². The van der Waals surface area contributed by atoms with Crippen LogP contribution in [-0.4, -0.2) is 23.5 Å². The summed E-state index contributed by atoms with van der Waals surface area (Å²) in [5.74, 6) is 0.717. The predicted molar refractivity (Wildman–Crippen MR) is 111 cm³/mol. The van der Waals surface area contributed by atoms with Gasteiger partial charge in [-0.3, -0.25) is 14.5 Å². The van der Waals surface area contributed by atoms with Crippen molar-refractivity contribution in [3.63, 3.8) is 0 Å². The Morgan fingerprint density at radius 3 is 2.55 bits per heavy atom. The molecule has 144 valence electrons. The van der Waals surface area contributed by atoms with Crippen LogP contribution in [0.1, 0.15) is 31.2 Å². The lowest BCUT2D eigenvalue weighted by Gasteiger charge is -2.28. The van der Waals surface area contributed by atoms with E-state index in [1.165, 1.54) is 9.78 Å². The summed E-state index contributed by atoms with van der Waals surface area (Å²) in [6.45, 7) is 2.38. The third kappa shape index (κ3) is 3.11. The maximum Gasteiger partial charge on any atom is 0.261 e. The van der Waals surface area contributed by atoms with Crippen molar-refractivity contribution in [3.8, 4) is 11.5 Å². The summed E-state index contributed by atoms with van der Waals surface area (Å²) < 4.78 is 10.8. The molecule has 3 heterocycles. The second-order valence-corrected chi connectivity index (χ2v) is 8.26. The first kappa shape index (κ1) is 17.7. The van der Waals surface area contributed by atoms with Crippen LogP contribution < -0.4 is 9.47 Å². The summed E-state index contributed by atoms with van der Waals surface area (Å²) in [5.41, 5.74) is 2.55. The van der Waals surface area contributed by atoms with Gasteiger partial charge < -0.3 is 9.47 Å². The van der Waals surface area contributed by atoms with Gasteiger partial charge in [-0.1, -0.05) is 24.3 Å². The Morgan fingerprint density at radius 2 is 1.76 bits per heavy atom. The fourth-order valence-corrected chi connectivity index (χ4v) is 4.40. The molecule has 0 aliphatic carbocycles. The Balaban J connectivity index is 1.55. The van der Waals surface area contributed by atoms with Gasteiger partial charge in [0, 0.05) is 20.9 Å². The zero-order valence-corrected chi connectivity index (χ0v) is 16.5. The first-order valence-electron chi connectivity index (χ1n) is 9.22. The molecule has 2 aromatic carbocycles. The molecule has 0 bridgehead atoms. The minimum absolute atomic E-state index is 0.170. The van der Waals surface area contributed by atoms with E-state index in [0.29, 0.717) is 28.2 Å². The number of imide groups is 1. The molecule has 0 fully saturated rings. The van der Waals surface area contributed by atoms with Crippen molar-refractivity contribution in [1.82, 2.24) is 4.90 Å². The van der Waals surface area contributed by atoms with E-state index in [9.17, 15) is 9.59 Å². The highest BCUT2D eigenvalue weighted by Crippen LogP contribution is 2.35. The van der Waals surface area contributed by atoms with Crippen LogP contribution in [0, 0.1) is 6.92 Å². The summed E-state index contributed by atoms with van der Waals surface area (Å²) >= 11 is 1.62. The molecular weight excluding hydrogens is 386 g/mol. The first-order chi connectivity index (χ1) is 14.1. The Bertz CT molecular complexity index is 1180. The monoisotopic (exact) mass is 403 g/mol. The molecule has 0 unspecified atom stereocenters. The smallest absolute Gasteiger partial charge is 0.261 e. The number of fused-ring (bicyclic) bond motifs is 2. The van der Waals surface area contributed by atoms with Crippen LogP contribution in [-0.2, 0) is 11.3 Å². The number of hydrogen-bond donors (Lipinski definition) is 0. The van der Waals surface area contributed by atoms with Crippen LogP contribution in [0.5, 0.6) is 11.5 Å². The van der Waals surface area contributed by atoms with E-state index >= 15 is 0 Å². The minimum Gasteiger partial charge on any atom is -0.454 e. The van der Waals surface area contributed by atoms with Crippen molar-refractivity contribution in [2.24, 2.45) is 0 Å². The lowest BCUT2D eigenvalue weighted by Crippen LogP contribution is -2.41. The van der Waals surface area contributed by atoms with Crippen molar-refractivity contribution in [3.05, 3.63) is 81.0 Å². The predicted octanol–water partition coefficient (Wildman–Crippen LogP) is 4.51. The Morgan fingerprint density at radius 1 is 0.966 bits per heavy atom. The zero-order chi connectivity index (χ0) is 20.0. The molecule has 0 radical (unpaired) electrons. The summed E-state index contributed by atoms with van der Waals surface area (Å²) in [6.07, 6.45) is 1.87. The molecule has 2 amide bonds. The number of ether oxygens (including phenoxy) is 2. The SMILES string of the molecule is Cc1ccc(/C=C2\C(=O)N(Cc3ccc4c(c3)OCO4)C(=O)c3ccccc32)s1. The van der Waals surface area contributed by atoms with Crippen molar-refractivity contribution in [2.45, 2.75) is 13.5 Å². The van der Waals surface area contributed by atoms with Crippen LogP contribution >= 0.6 is 11.3 Å². The molecule has 2 aliphatic rings. The summed E-state index contributed by atoms with van der Waals surface area (Å²) in [6, 6.07) is 16.7. The minimum atomic E-state index is -0.294. The standard InChI is InChI=1S/C23H17NO4S/c1-14-6-8-16(29-14)11-19-17-4-2-3-5-18(17)22(25)24(23(19)26)12-15-7-9-20-21(10-15)28-13-27-20/h2-11H,12-13H2,1H3/b19-11-.